The molecule has 8 nitrogen and oxygen atoms in total. The van der Waals surface area contributed by atoms with E-state index in [1.807, 2.05) is 0 Å². The minimum absolute atomic E-state index is 0.0660. The highest BCUT2D eigenvalue weighted by Gasteiger charge is 2.23. The Morgan fingerprint density at radius 3 is 2.65 bits per heavy atom. The van der Waals surface area contributed by atoms with Crippen LogP contribution in [0.5, 0.6) is 11.5 Å². The molecule has 1 aromatic carbocycles. The van der Waals surface area contributed by atoms with Crippen molar-refractivity contribution in [1.29, 1.82) is 0 Å². The summed E-state index contributed by atoms with van der Waals surface area (Å²) in [7, 11) is 1.46. The molecule has 0 fully saturated rings. The van der Waals surface area contributed by atoms with Crippen molar-refractivity contribution in [3.8, 4) is 11.5 Å². The Bertz CT molecular complexity index is 501. The van der Waals surface area contributed by atoms with Gasteiger partial charge in [-0.1, -0.05) is 0 Å². The minimum Gasteiger partial charge on any atom is -0.500 e. The van der Waals surface area contributed by atoms with Gasteiger partial charge in [0.05, 0.1) is 23.7 Å². The first kappa shape index (κ1) is 15.7. The second-order valence-electron chi connectivity index (χ2n) is 3.66. The lowest BCUT2D eigenvalue weighted by atomic mass is 10.1. The van der Waals surface area contributed by atoms with Crippen LogP contribution in [-0.4, -0.2) is 42.9 Å². The maximum Gasteiger partial charge on any atom is 0.338 e. The summed E-state index contributed by atoms with van der Waals surface area (Å²) in [6.45, 7) is 2.06. The van der Waals surface area contributed by atoms with E-state index in [2.05, 4.69) is 0 Å². The summed E-state index contributed by atoms with van der Waals surface area (Å²) in [5.41, 5.74) is -0.688. The molecule has 8 heteroatoms. The molecule has 0 aliphatic rings. The lowest BCUT2D eigenvalue weighted by Crippen LogP contribution is -2.08. The molecule has 20 heavy (non-hydrogen) atoms. The minimum atomic E-state index is -0.804. The van der Waals surface area contributed by atoms with E-state index in [-0.39, 0.29) is 31.1 Å². The van der Waals surface area contributed by atoms with Crippen molar-refractivity contribution in [2.75, 3.05) is 26.9 Å². The molecule has 0 saturated heterocycles. The number of ether oxygens (including phenoxy) is 3. The second kappa shape index (κ2) is 7.29. The molecule has 0 aliphatic carbocycles. The predicted octanol–water partition coefficient (Wildman–Crippen LogP) is 1.50. The van der Waals surface area contributed by atoms with Gasteiger partial charge in [-0.3, -0.25) is 10.1 Å². The summed E-state index contributed by atoms with van der Waals surface area (Å²) >= 11 is 0. The molecule has 0 heterocycles. The number of hydrogen-bond acceptors (Lipinski definition) is 7. The van der Waals surface area contributed by atoms with Gasteiger partial charge in [0.1, 0.15) is 6.61 Å². The summed E-state index contributed by atoms with van der Waals surface area (Å²) in [5, 5.41) is 20.6. The Morgan fingerprint density at radius 1 is 1.40 bits per heavy atom. The number of nitrogens with zero attached hydrogens (tertiary/aromatic N) is 1. The zero-order valence-corrected chi connectivity index (χ0v) is 11.1. The molecule has 0 unspecified atom stereocenters. The molecule has 0 atom stereocenters. The average Bonchev–Trinajstić information content (AvgIpc) is 2.40. The van der Waals surface area contributed by atoms with Crippen LogP contribution in [0, 0.1) is 10.1 Å². The Balaban J connectivity index is 3.13. The SMILES string of the molecule is CCOC(=O)c1cc(OCCOC)c(O)c([N+](=O)[O-])c1. The van der Waals surface area contributed by atoms with Gasteiger partial charge in [-0.25, -0.2) is 4.79 Å². The molecule has 0 amide bonds. The van der Waals surface area contributed by atoms with Crippen LogP contribution in [-0.2, 0) is 9.47 Å². The normalized spacial score (nSPS) is 10.1. The van der Waals surface area contributed by atoms with Crippen molar-refractivity contribution in [2.45, 2.75) is 6.92 Å². The zero-order valence-electron chi connectivity index (χ0n) is 11.1. The van der Waals surface area contributed by atoms with Gasteiger partial charge >= 0.3 is 11.7 Å². The van der Waals surface area contributed by atoms with Crippen LogP contribution in [0.15, 0.2) is 12.1 Å². The third-order valence-electron chi connectivity index (χ3n) is 2.31. The third kappa shape index (κ3) is 3.82. The van der Waals surface area contributed by atoms with Crippen molar-refractivity contribution < 1.29 is 29.0 Å². The van der Waals surface area contributed by atoms with E-state index in [1.54, 1.807) is 6.92 Å². The fourth-order valence-corrected chi connectivity index (χ4v) is 1.41. The Kier molecular flexibility index (Phi) is 5.73. The summed E-state index contributed by atoms with van der Waals surface area (Å²) in [5.74, 6) is -1.54. The predicted molar refractivity (Wildman–Crippen MR) is 68.1 cm³/mol. The number of nitro groups is 1. The smallest absolute Gasteiger partial charge is 0.338 e. The quantitative estimate of drug-likeness (QED) is 0.350. The van der Waals surface area contributed by atoms with Gasteiger partial charge in [-0.15, -0.1) is 0 Å². The van der Waals surface area contributed by atoms with E-state index in [1.165, 1.54) is 13.2 Å². The molecule has 1 N–H and O–H groups in total. The van der Waals surface area contributed by atoms with Gasteiger partial charge in [0.2, 0.25) is 5.75 Å². The van der Waals surface area contributed by atoms with E-state index >= 15 is 0 Å². The Hall–Kier alpha value is -2.35. The molecule has 0 aromatic heterocycles. The van der Waals surface area contributed by atoms with Gasteiger partial charge < -0.3 is 19.3 Å². The number of rotatable bonds is 7. The summed E-state index contributed by atoms with van der Waals surface area (Å²) in [4.78, 5) is 21.7. The van der Waals surface area contributed by atoms with Crippen molar-refractivity contribution in [3.05, 3.63) is 27.8 Å². The largest absolute Gasteiger partial charge is 0.500 e. The standard InChI is InChI=1S/C12H15NO7/c1-3-19-12(15)8-6-9(13(16)17)11(14)10(7-8)20-5-4-18-2/h6-7,14H,3-5H2,1-2H3. The molecule has 1 aromatic rings. The lowest BCUT2D eigenvalue weighted by molar-refractivity contribution is -0.386. The lowest BCUT2D eigenvalue weighted by Gasteiger charge is -2.09. The Morgan fingerprint density at radius 2 is 2.10 bits per heavy atom. The number of carbonyl (C=O) groups excluding carboxylic acids is 1. The van der Waals surface area contributed by atoms with Crippen LogP contribution in [0.1, 0.15) is 17.3 Å². The highest BCUT2D eigenvalue weighted by atomic mass is 16.6. The van der Waals surface area contributed by atoms with Gasteiger partial charge in [-0.2, -0.15) is 0 Å². The highest BCUT2D eigenvalue weighted by molar-refractivity contribution is 5.91. The number of esters is 1. The van der Waals surface area contributed by atoms with Crippen molar-refractivity contribution in [2.24, 2.45) is 0 Å². The number of hydrogen-bond donors (Lipinski definition) is 1. The molecule has 0 aliphatic heterocycles. The van der Waals surface area contributed by atoms with Gasteiger partial charge in [-0.05, 0) is 13.0 Å². The molecule has 0 bridgehead atoms. The van der Waals surface area contributed by atoms with Crippen molar-refractivity contribution in [1.82, 2.24) is 0 Å². The Labute approximate surface area is 115 Å². The van der Waals surface area contributed by atoms with E-state index in [4.69, 9.17) is 14.2 Å². The van der Waals surface area contributed by atoms with E-state index in [9.17, 15) is 20.0 Å². The van der Waals surface area contributed by atoms with Crippen molar-refractivity contribution >= 4 is 11.7 Å². The number of nitro benzene ring substituents is 1. The maximum absolute atomic E-state index is 11.6. The number of phenols is 1. The van der Waals surface area contributed by atoms with Crippen LogP contribution in [0.4, 0.5) is 5.69 Å². The van der Waals surface area contributed by atoms with Gasteiger partial charge in [0.15, 0.2) is 5.75 Å². The van der Waals surface area contributed by atoms with Gasteiger partial charge in [0, 0.05) is 13.2 Å². The molecule has 0 spiro atoms. The number of methoxy groups -OCH3 is 1. The third-order valence-corrected chi connectivity index (χ3v) is 2.31. The topological polar surface area (TPSA) is 108 Å². The second-order valence-corrected chi connectivity index (χ2v) is 3.66. The van der Waals surface area contributed by atoms with Crippen LogP contribution in [0.2, 0.25) is 0 Å². The number of carbonyl (C=O) groups is 1. The zero-order chi connectivity index (χ0) is 15.1. The molecule has 0 radical (unpaired) electrons. The van der Waals surface area contributed by atoms with E-state index < -0.39 is 22.3 Å². The summed E-state index contributed by atoms with van der Waals surface area (Å²) in [6, 6.07) is 2.13. The fraction of sp³-hybridized carbons (Fsp3) is 0.417. The van der Waals surface area contributed by atoms with E-state index in [0.717, 1.165) is 6.07 Å². The molecular formula is C12H15NO7. The van der Waals surface area contributed by atoms with Crippen molar-refractivity contribution in [3.63, 3.8) is 0 Å². The first-order chi connectivity index (χ1) is 9.51. The van der Waals surface area contributed by atoms with Crippen LogP contribution < -0.4 is 4.74 Å². The maximum atomic E-state index is 11.6. The number of benzene rings is 1. The van der Waals surface area contributed by atoms with E-state index in [0.29, 0.717) is 0 Å². The number of phenolic OH excluding ortho intramolecular Hbond substituents is 1. The monoisotopic (exact) mass is 285 g/mol. The van der Waals surface area contributed by atoms with Crippen LogP contribution in [0.3, 0.4) is 0 Å². The van der Waals surface area contributed by atoms with Crippen LogP contribution in [0.25, 0.3) is 0 Å². The molecular weight excluding hydrogens is 270 g/mol. The molecule has 110 valence electrons. The van der Waals surface area contributed by atoms with Gasteiger partial charge in [0.25, 0.3) is 0 Å². The molecule has 0 saturated carbocycles. The summed E-state index contributed by atoms with van der Waals surface area (Å²) < 4.78 is 14.7. The average molecular weight is 285 g/mol. The fourth-order valence-electron chi connectivity index (χ4n) is 1.41. The summed E-state index contributed by atoms with van der Waals surface area (Å²) in [6.07, 6.45) is 0. The van der Waals surface area contributed by atoms with Crippen LogP contribution >= 0.6 is 0 Å². The molecule has 1 rings (SSSR count). The highest BCUT2D eigenvalue weighted by Crippen LogP contribution is 2.37. The number of aromatic hydroxyl groups is 1. The first-order valence-electron chi connectivity index (χ1n) is 5.81. The first-order valence-corrected chi connectivity index (χ1v) is 5.81.